The number of anilines is 1. The summed E-state index contributed by atoms with van der Waals surface area (Å²) in [6.07, 6.45) is 0. The molecule has 26 heavy (non-hydrogen) atoms. The minimum Gasteiger partial charge on any atom is -0.393 e. The highest BCUT2D eigenvalue weighted by atomic mass is 35.5. The Morgan fingerprint density at radius 3 is 2.27 bits per heavy atom. The van der Waals surface area contributed by atoms with Gasteiger partial charge in [0, 0.05) is 18.7 Å². The Kier molecular flexibility index (Phi) is 7.55. The Bertz CT molecular complexity index is 779. The maximum absolute atomic E-state index is 12.3. The Morgan fingerprint density at radius 1 is 1.15 bits per heavy atom. The van der Waals surface area contributed by atoms with Gasteiger partial charge in [-0.25, -0.2) is 0 Å². The molecule has 0 saturated carbocycles. The van der Waals surface area contributed by atoms with Crippen molar-refractivity contribution >= 4 is 29.7 Å². The number of para-hydroxylation sites is 1. The van der Waals surface area contributed by atoms with E-state index in [1.165, 1.54) is 23.8 Å². The van der Waals surface area contributed by atoms with Crippen molar-refractivity contribution in [2.24, 2.45) is 5.73 Å². The van der Waals surface area contributed by atoms with E-state index < -0.39 is 10.8 Å². The van der Waals surface area contributed by atoms with Crippen LogP contribution in [-0.4, -0.2) is 17.4 Å². The van der Waals surface area contributed by atoms with Gasteiger partial charge in [0.05, 0.1) is 10.5 Å². The summed E-state index contributed by atoms with van der Waals surface area (Å²) in [7, 11) is 0. The van der Waals surface area contributed by atoms with E-state index >= 15 is 0 Å². The molecule has 0 fully saturated rings. The van der Waals surface area contributed by atoms with Crippen molar-refractivity contribution in [3.8, 4) is 0 Å². The monoisotopic (exact) mass is 378 g/mol. The molecule has 0 radical (unpaired) electrons. The van der Waals surface area contributed by atoms with E-state index in [9.17, 15) is 14.9 Å². The summed E-state index contributed by atoms with van der Waals surface area (Å²) in [5.74, 6) is -0.0581. The predicted octanol–water partition coefficient (Wildman–Crippen LogP) is 3.15. The van der Waals surface area contributed by atoms with Gasteiger partial charge in [0.25, 0.3) is 11.6 Å². The molecule has 1 unspecified atom stereocenters. The second-order valence-electron chi connectivity index (χ2n) is 6.13. The standard InChI is InChI=1S/C18H22N4O3.ClH/c1-11(2)12-6-8-13(9-7-12)15(19)10-21-18(23)14-4-3-5-16(17(14)20)22(24)25;/h3-9,11,15H,10,19-20H2,1-2H3,(H,21,23);1H. The van der Waals surface area contributed by atoms with Crippen LogP contribution in [0.15, 0.2) is 42.5 Å². The van der Waals surface area contributed by atoms with Crippen molar-refractivity contribution in [2.45, 2.75) is 25.8 Å². The molecule has 2 aromatic rings. The van der Waals surface area contributed by atoms with E-state index in [0.717, 1.165) is 5.56 Å². The van der Waals surface area contributed by atoms with Crippen molar-refractivity contribution < 1.29 is 9.72 Å². The largest absolute Gasteiger partial charge is 0.393 e. The number of nitrogens with one attached hydrogen (secondary N) is 1. The average molecular weight is 379 g/mol. The van der Waals surface area contributed by atoms with Crippen molar-refractivity contribution in [2.75, 3.05) is 12.3 Å². The van der Waals surface area contributed by atoms with Gasteiger partial charge in [-0.3, -0.25) is 14.9 Å². The Hall–Kier alpha value is -2.64. The van der Waals surface area contributed by atoms with E-state index in [1.807, 2.05) is 24.3 Å². The third kappa shape index (κ3) is 4.93. The van der Waals surface area contributed by atoms with Gasteiger partial charge in [-0.05, 0) is 23.1 Å². The molecule has 2 aromatic carbocycles. The normalized spacial score (nSPS) is 11.5. The minimum atomic E-state index is -0.617. The van der Waals surface area contributed by atoms with Gasteiger partial charge in [-0.2, -0.15) is 0 Å². The lowest BCUT2D eigenvalue weighted by atomic mass is 9.99. The molecule has 0 aliphatic heterocycles. The maximum atomic E-state index is 12.3. The summed E-state index contributed by atoms with van der Waals surface area (Å²) in [6.45, 7) is 4.42. The minimum absolute atomic E-state index is 0. The Labute approximate surface area is 158 Å². The SMILES string of the molecule is CC(C)c1ccc(C(N)CNC(=O)c2cccc([N+](=O)[O-])c2N)cc1.Cl. The van der Waals surface area contributed by atoms with Crippen molar-refractivity contribution in [1.82, 2.24) is 5.32 Å². The first-order valence-corrected chi connectivity index (χ1v) is 7.97. The number of benzene rings is 2. The molecule has 2 rings (SSSR count). The fourth-order valence-corrected chi connectivity index (χ4v) is 2.45. The van der Waals surface area contributed by atoms with Crippen LogP contribution in [0, 0.1) is 10.1 Å². The third-order valence-electron chi connectivity index (χ3n) is 4.04. The summed E-state index contributed by atoms with van der Waals surface area (Å²) in [5, 5.41) is 13.6. The molecule has 0 aromatic heterocycles. The lowest BCUT2D eigenvalue weighted by molar-refractivity contribution is -0.383. The predicted molar refractivity (Wildman–Crippen MR) is 105 cm³/mol. The van der Waals surface area contributed by atoms with E-state index in [2.05, 4.69) is 19.2 Å². The number of nitrogen functional groups attached to an aromatic ring is 1. The number of carbonyl (C=O) groups is 1. The maximum Gasteiger partial charge on any atom is 0.292 e. The lowest BCUT2D eigenvalue weighted by Crippen LogP contribution is -2.32. The number of nitro groups is 1. The number of hydrogen-bond donors (Lipinski definition) is 3. The second kappa shape index (κ2) is 9.17. The number of amides is 1. The smallest absolute Gasteiger partial charge is 0.292 e. The average Bonchev–Trinajstić information content (AvgIpc) is 2.59. The van der Waals surface area contributed by atoms with Crippen LogP contribution in [0.3, 0.4) is 0 Å². The van der Waals surface area contributed by atoms with Crippen LogP contribution in [0.5, 0.6) is 0 Å². The van der Waals surface area contributed by atoms with Gasteiger partial charge in [0.1, 0.15) is 5.69 Å². The molecule has 0 spiro atoms. The zero-order valence-electron chi connectivity index (χ0n) is 14.6. The van der Waals surface area contributed by atoms with Gasteiger partial charge < -0.3 is 16.8 Å². The van der Waals surface area contributed by atoms with Crippen LogP contribution in [0.4, 0.5) is 11.4 Å². The van der Waals surface area contributed by atoms with Crippen LogP contribution in [0.1, 0.15) is 47.3 Å². The van der Waals surface area contributed by atoms with Crippen LogP contribution in [0.25, 0.3) is 0 Å². The molecule has 1 amide bonds. The number of nitrogens with zero attached hydrogens (tertiary/aromatic N) is 1. The molecule has 0 heterocycles. The number of halogens is 1. The summed E-state index contributed by atoms with van der Waals surface area (Å²) >= 11 is 0. The summed E-state index contributed by atoms with van der Waals surface area (Å²) in [4.78, 5) is 22.5. The fourth-order valence-electron chi connectivity index (χ4n) is 2.45. The van der Waals surface area contributed by atoms with Crippen LogP contribution >= 0.6 is 12.4 Å². The van der Waals surface area contributed by atoms with Crippen LogP contribution in [0.2, 0.25) is 0 Å². The van der Waals surface area contributed by atoms with Crippen LogP contribution < -0.4 is 16.8 Å². The molecular formula is C18H23ClN4O3. The highest BCUT2D eigenvalue weighted by Gasteiger charge is 2.19. The molecule has 7 nitrogen and oxygen atoms in total. The number of rotatable bonds is 6. The van der Waals surface area contributed by atoms with Gasteiger partial charge in [0.15, 0.2) is 0 Å². The third-order valence-corrected chi connectivity index (χ3v) is 4.04. The quantitative estimate of drug-likeness (QED) is 0.404. The lowest BCUT2D eigenvalue weighted by Gasteiger charge is -2.15. The van der Waals surface area contributed by atoms with Gasteiger partial charge in [-0.15, -0.1) is 12.4 Å². The van der Waals surface area contributed by atoms with Crippen molar-refractivity contribution in [3.05, 3.63) is 69.3 Å². The molecule has 0 bridgehead atoms. The molecule has 5 N–H and O–H groups in total. The number of carbonyl (C=O) groups excluding carboxylic acids is 1. The Morgan fingerprint density at radius 2 is 1.73 bits per heavy atom. The van der Waals surface area contributed by atoms with E-state index in [1.54, 1.807) is 0 Å². The molecule has 8 heteroatoms. The second-order valence-corrected chi connectivity index (χ2v) is 6.13. The summed E-state index contributed by atoms with van der Waals surface area (Å²) < 4.78 is 0. The van der Waals surface area contributed by atoms with Crippen molar-refractivity contribution in [3.63, 3.8) is 0 Å². The van der Waals surface area contributed by atoms with Crippen molar-refractivity contribution in [1.29, 1.82) is 0 Å². The molecule has 0 aliphatic carbocycles. The van der Waals surface area contributed by atoms with E-state index in [4.69, 9.17) is 11.5 Å². The first-order valence-electron chi connectivity index (χ1n) is 7.97. The number of hydrogen-bond acceptors (Lipinski definition) is 5. The van der Waals surface area contributed by atoms with Gasteiger partial charge in [-0.1, -0.05) is 44.2 Å². The fraction of sp³-hybridized carbons (Fsp3) is 0.278. The molecule has 140 valence electrons. The van der Waals surface area contributed by atoms with Gasteiger partial charge in [0.2, 0.25) is 0 Å². The zero-order chi connectivity index (χ0) is 18.6. The number of nitrogens with two attached hydrogens (primary N) is 2. The van der Waals surface area contributed by atoms with E-state index in [0.29, 0.717) is 5.92 Å². The summed E-state index contributed by atoms with van der Waals surface area (Å²) in [5.41, 5.74) is 13.6. The number of nitro benzene ring substituents is 1. The highest BCUT2D eigenvalue weighted by molar-refractivity contribution is 6.01. The first-order chi connectivity index (χ1) is 11.8. The zero-order valence-corrected chi connectivity index (χ0v) is 15.5. The molecule has 0 saturated heterocycles. The summed E-state index contributed by atoms with van der Waals surface area (Å²) in [6, 6.07) is 11.6. The Balaban J connectivity index is 0.00000338. The van der Waals surface area contributed by atoms with E-state index in [-0.39, 0.29) is 41.9 Å². The first kappa shape index (κ1) is 21.4. The molecule has 1 atom stereocenters. The highest BCUT2D eigenvalue weighted by Crippen LogP contribution is 2.24. The topological polar surface area (TPSA) is 124 Å². The molecular weight excluding hydrogens is 356 g/mol. The van der Waals surface area contributed by atoms with Crippen LogP contribution in [-0.2, 0) is 0 Å². The molecule has 0 aliphatic rings. The van der Waals surface area contributed by atoms with Gasteiger partial charge >= 0.3 is 0 Å².